The number of hydrogen-bond acceptors (Lipinski definition) is 1. The van der Waals surface area contributed by atoms with E-state index in [-0.39, 0.29) is 14.1 Å². The summed E-state index contributed by atoms with van der Waals surface area (Å²) in [5.41, 5.74) is 0. The Morgan fingerprint density at radius 1 is 1.00 bits per heavy atom. The van der Waals surface area contributed by atoms with Gasteiger partial charge in [0.25, 0.3) is 0 Å². The van der Waals surface area contributed by atoms with Crippen LogP contribution in [-0.4, -0.2) is 13.5 Å². The Bertz CT molecular complexity index is 35.0. The van der Waals surface area contributed by atoms with E-state index in [2.05, 4.69) is 24.7 Å². The van der Waals surface area contributed by atoms with Gasteiger partial charge in [-0.3, -0.25) is 14.1 Å². The first-order chi connectivity index (χ1) is 2.81. The normalized spacial score (nSPS) is 6.67. The quantitative estimate of drug-likeness (QED) is 0.542. The van der Waals surface area contributed by atoms with Crippen LogP contribution in [0.15, 0.2) is 0 Å². The molecule has 0 fully saturated rings. The van der Waals surface area contributed by atoms with Crippen molar-refractivity contribution in [1.82, 2.24) is 0 Å². The van der Waals surface area contributed by atoms with E-state index in [4.69, 9.17) is 0 Å². The minimum absolute atomic E-state index is 0. The topological polar surface area (TPSA) is 0 Å². The number of rotatable bonds is 2. The maximum Gasteiger partial charge on any atom is -0.269 e. The molecule has 0 saturated heterocycles. The summed E-state index contributed by atoms with van der Waals surface area (Å²) >= 11 is -0.521. The Labute approximate surface area is 63.2 Å². The average Bonchev–Trinajstić information content (AvgIpc) is 1.65. The summed E-state index contributed by atoms with van der Waals surface area (Å²) in [7, 11) is 4.38. The summed E-state index contributed by atoms with van der Waals surface area (Å²) in [6.07, 6.45) is 0. The Kier molecular flexibility index (Phi) is 39.9. The molecule has 0 unspecified atom stereocenters. The van der Waals surface area contributed by atoms with Gasteiger partial charge in [-0.2, -0.15) is 0 Å². The fourth-order valence-corrected chi connectivity index (χ4v) is 1.16. The summed E-state index contributed by atoms with van der Waals surface area (Å²) in [5.74, 6) is 0. The molecule has 0 heterocycles. The van der Waals surface area contributed by atoms with Gasteiger partial charge in [-0.1, -0.05) is 0 Å². The van der Waals surface area contributed by atoms with Crippen LogP contribution in [0, 0.1) is 0 Å². The first-order valence-electron chi connectivity index (χ1n) is 2.25. The molecule has 0 amide bonds. The van der Waals surface area contributed by atoms with Crippen LogP contribution >= 0.6 is 10.9 Å². The Balaban J connectivity index is -0.0000000417. The maximum absolute atomic E-state index is 4.38. The summed E-state index contributed by atoms with van der Waals surface area (Å²) < 4.78 is 0. The molecule has 0 bridgehead atoms. The third kappa shape index (κ3) is 17.7. The van der Waals surface area contributed by atoms with Gasteiger partial charge in [-0.15, -0.1) is 0 Å². The fraction of sp³-hybridized carbons (Fsp3) is 1.00. The van der Waals surface area contributed by atoms with E-state index in [0.717, 1.165) is 0 Å². The minimum atomic E-state index is -0.521. The zero-order chi connectivity index (χ0) is 4.99. The summed E-state index contributed by atoms with van der Waals surface area (Å²) in [6.45, 7) is 4.44. The van der Waals surface area contributed by atoms with Crippen molar-refractivity contribution in [2.24, 2.45) is 0 Å². The second kappa shape index (κ2) is 15.9. The summed E-state index contributed by atoms with van der Waals surface area (Å²) in [4.78, 5) is 0. The van der Waals surface area contributed by atoms with E-state index in [1.165, 1.54) is 10.4 Å². The van der Waals surface area contributed by atoms with Crippen LogP contribution in [-0.2, 0) is 0 Å². The maximum atomic E-state index is 4.38. The van der Waals surface area contributed by atoms with Crippen LogP contribution in [0.4, 0.5) is 14.1 Å². The zero-order valence-corrected chi connectivity index (χ0v) is 8.30. The third-order valence-corrected chi connectivity index (χ3v) is 6.73. The molecule has 9 heavy (non-hydrogen) atoms. The molecule has 0 aliphatic carbocycles. The van der Waals surface area contributed by atoms with Crippen molar-refractivity contribution in [3.63, 3.8) is 0 Å². The molecule has 0 nitrogen and oxygen atoms in total. The van der Waals surface area contributed by atoms with E-state index in [0.29, 0.717) is 0 Å². The van der Waals surface area contributed by atoms with Gasteiger partial charge in [-0.05, 0) is 0 Å². The molecule has 0 aliphatic heterocycles. The van der Waals surface area contributed by atoms with Crippen molar-refractivity contribution in [3.8, 4) is 0 Å². The predicted molar refractivity (Wildman–Crippen MR) is 43.2 cm³/mol. The van der Waals surface area contributed by atoms with Crippen LogP contribution in [0.5, 0.6) is 0 Å². The monoisotopic (exact) mass is 226 g/mol. The summed E-state index contributed by atoms with van der Waals surface area (Å²) in [6, 6.07) is 0. The van der Waals surface area contributed by atoms with Gasteiger partial charge in [0.05, 0.1) is 0 Å². The van der Waals surface area contributed by atoms with E-state index in [1.54, 1.807) is 0 Å². The Hall–Kier alpha value is 0.698. The van der Waals surface area contributed by atoms with Crippen LogP contribution in [0.1, 0.15) is 13.8 Å². The van der Waals surface area contributed by atoms with Gasteiger partial charge in [0.15, 0.2) is 0 Å². The standard InChI is InChI=1S/C4H11AsS.3FH/c1-3-5(6)4-2;;;/h6H,3-4H2,1-2H3;3*1H. The van der Waals surface area contributed by atoms with Crippen molar-refractivity contribution in [2.75, 3.05) is 0 Å². The molecule has 0 saturated carbocycles. The zero-order valence-electron chi connectivity index (χ0n) is 5.53. The molecule has 0 aromatic rings. The van der Waals surface area contributed by atoms with Crippen molar-refractivity contribution in [3.05, 3.63) is 0 Å². The molecule has 0 atom stereocenters. The van der Waals surface area contributed by atoms with E-state index in [9.17, 15) is 0 Å². The van der Waals surface area contributed by atoms with Crippen molar-refractivity contribution in [2.45, 2.75) is 24.3 Å². The fourth-order valence-electron chi connectivity index (χ4n) is 0.224. The van der Waals surface area contributed by atoms with Gasteiger partial charge in [0, 0.05) is 0 Å². The second-order valence-corrected chi connectivity index (χ2v) is 8.86. The Morgan fingerprint density at radius 2 is 1.22 bits per heavy atom. The van der Waals surface area contributed by atoms with Gasteiger partial charge < -0.3 is 0 Å². The molecular formula is C4H14AsF3S. The minimum Gasteiger partial charge on any atom is -0.269 e. The van der Waals surface area contributed by atoms with E-state index in [1.807, 2.05) is 0 Å². The molecule has 5 heteroatoms. The SMILES string of the molecule is CC[As](S)CC.F.F.F. The van der Waals surface area contributed by atoms with Crippen molar-refractivity contribution < 1.29 is 14.1 Å². The molecule has 0 N–H and O–H groups in total. The largest absolute Gasteiger partial charge is 0.269 e. The van der Waals surface area contributed by atoms with Gasteiger partial charge in [0.1, 0.15) is 0 Å². The van der Waals surface area contributed by atoms with Gasteiger partial charge in [0.2, 0.25) is 0 Å². The average molecular weight is 226 g/mol. The van der Waals surface area contributed by atoms with E-state index >= 15 is 0 Å². The third-order valence-electron chi connectivity index (χ3n) is 0.730. The number of halogens is 3. The van der Waals surface area contributed by atoms with Gasteiger partial charge >= 0.3 is 48.7 Å². The van der Waals surface area contributed by atoms with Crippen molar-refractivity contribution >= 4 is 24.4 Å². The molecule has 0 rings (SSSR count). The summed E-state index contributed by atoms with van der Waals surface area (Å²) in [5, 5.41) is 2.68. The molecule has 0 aliphatic rings. The van der Waals surface area contributed by atoms with Gasteiger partial charge in [-0.25, -0.2) is 0 Å². The number of hydrogen-bond donors (Lipinski definition) is 1. The molecule has 0 spiro atoms. The smallest absolute Gasteiger partial charge is 0.269 e. The first-order valence-corrected chi connectivity index (χ1v) is 7.82. The van der Waals surface area contributed by atoms with Crippen LogP contribution in [0.25, 0.3) is 0 Å². The second-order valence-electron chi connectivity index (χ2n) is 1.14. The predicted octanol–water partition coefficient (Wildman–Crippen LogP) is 2.41. The Morgan fingerprint density at radius 3 is 1.22 bits per heavy atom. The van der Waals surface area contributed by atoms with Crippen LogP contribution in [0.2, 0.25) is 10.4 Å². The molecular weight excluding hydrogens is 212 g/mol. The van der Waals surface area contributed by atoms with Crippen molar-refractivity contribution in [1.29, 1.82) is 0 Å². The van der Waals surface area contributed by atoms with Crippen LogP contribution in [0.3, 0.4) is 0 Å². The number of thiol groups is 1. The van der Waals surface area contributed by atoms with E-state index < -0.39 is 13.5 Å². The molecule has 62 valence electrons. The first kappa shape index (κ1) is 22.6. The molecule has 0 radical (unpaired) electrons. The molecule has 0 aromatic carbocycles. The molecule has 0 aromatic heterocycles. The van der Waals surface area contributed by atoms with Crippen LogP contribution < -0.4 is 0 Å².